The second-order valence-corrected chi connectivity index (χ2v) is 6.95. The highest BCUT2D eigenvalue weighted by molar-refractivity contribution is 7.98. The zero-order valence-corrected chi connectivity index (χ0v) is 16.4. The number of amides is 2. The van der Waals surface area contributed by atoms with E-state index in [0.29, 0.717) is 34.7 Å². The molecule has 27 heavy (non-hydrogen) atoms. The van der Waals surface area contributed by atoms with Gasteiger partial charge in [0, 0.05) is 5.69 Å². The molecule has 0 aromatic heterocycles. The molecule has 5 nitrogen and oxygen atoms in total. The summed E-state index contributed by atoms with van der Waals surface area (Å²) in [7, 11) is 1.48. The lowest BCUT2D eigenvalue weighted by molar-refractivity contribution is -0.118. The number of aryl methyl sites for hydroxylation is 1. The summed E-state index contributed by atoms with van der Waals surface area (Å²) in [6, 6.07) is 10.5. The van der Waals surface area contributed by atoms with Crippen LogP contribution in [-0.4, -0.2) is 37.0 Å². The molecule has 2 amide bonds. The van der Waals surface area contributed by atoms with Crippen molar-refractivity contribution in [2.45, 2.75) is 19.4 Å². The van der Waals surface area contributed by atoms with Gasteiger partial charge >= 0.3 is 0 Å². The van der Waals surface area contributed by atoms with E-state index in [4.69, 9.17) is 4.74 Å². The average Bonchev–Trinajstić information content (AvgIpc) is 2.67. The Kier molecular flexibility index (Phi) is 7.67. The fraction of sp³-hybridized carbons (Fsp3) is 0.300. The molecule has 2 aromatic rings. The van der Waals surface area contributed by atoms with Crippen molar-refractivity contribution in [3.8, 4) is 5.75 Å². The number of methoxy groups -OCH3 is 1. The van der Waals surface area contributed by atoms with Gasteiger partial charge in [0.25, 0.3) is 5.91 Å². The van der Waals surface area contributed by atoms with Crippen LogP contribution in [0.1, 0.15) is 22.3 Å². The number of rotatable bonds is 8. The molecule has 144 valence electrons. The predicted octanol–water partition coefficient (Wildman–Crippen LogP) is 3.63. The van der Waals surface area contributed by atoms with E-state index in [-0.39, 0.29) is 0 Å². The maximum absolute atomic E-state index is 13.7. The number of carbonyl (C=O) groups excluding carboxylic acids is 2. The van der Waals surface area contributed by atoms with Gasteiger partial charge in [-0.15, -0.1) is 0 Å². The molecule has 0 fully saturated rings. The quantitative estimate of drug-likeness (QED) is 0.722. The lowest BCUT2D eigenvalue weighted by atomic mass is 10.1. The molecule has 7 heteroatoms. The van der Waals surface area contributed by atoms with Gasteiger partial charge in [0.2, 0.25) is 5.91 Å². The maximum Gasteiger partial charge on any atom is 0.255 e. The first-order valence-corrected chi connectivity index (χ1v) is 9.85. The van der Waals surface area contributed by atoms with Gasteiger partial charge in [-0.1, -0.05) is 18.2 Å². The fourth-order valence-corrected chi connectivity index (χ4v) is 2.94. The van der Waals surface area contributed by atoms with Crippen LogP contribution in [0.25, 0.3) is 0 Å². The van der Waals surface area contributed by atoms with Crippen LogP contribution in [0.2, 0.25) is 0 Å². The summed E-state index contributed by atoms with van der Waals surface area (Å²) in [5.74, 6) is -0.0717. The molecule has 0 aliphatic carbocycles. The van der Waals surface area contributed by atoms with Gasteiger partial charge in [-0.05, 0) is 55.2 Å². The second-order valence-electron chi connectivity index (χ2n) is 5.96. The van der Waals surface area contributed by atoms with Gasteiger partial charge in [0.05, 0.1) is 12.7 Å². The molecule has 0 spiro atoms. The van der Waals surface area contributed by atoms with E-state index in [1.165, 1.54) is 13.2 Å². The van der Waals surface area contributed by atoms with Crippen molar-refractivity contribution in [1.82, 2.24) is 5.32 Å². The predicted molar refractivity (Wildman–Crippen MR) is 107 cm³/mol. The first-order valence-electron chi connectivity index (χ1n) is 8.46. The summed E-state index contributed by atoms with van der Waals surface area (Å²) in [4.78, 5) is 25.3. The molecule has 0 bridgehead atoms. The molecule has 0 heterocycles. The summed E-state index contributed by atoms with van der Waals surface area (Å²) in [5.41, 5.74) is 1.20. The van der Waals surface area contributed by atoms with E-state index < -0.39 is 23.7 Å². The Balaban J connectivity index is 2.14. The Morgan fingerprint density at radius 3 is 2.63 bits per heavy atom. The van der Waals surface area contributed by atoms with Crippen LogP contribution in [0.15, 0.2) is 42.5 Å². The Morgan fingerprint density at radius 2 is 1.96 bits per heavy atom. The zero-order valence-electron chi connectivity index (χ0n) is 15.5. The van der Waals surface area contributed by atoms with E-state index in [1.54, 1.807) is 55.1 Å². The smallest absolute Gasteiger partial charge is 0.255 e. The first kappa shape index (κ1) is 20.8. The molecule has 0 saturated heterocycles. The molecule has 2 rings (SSSR count). The normalized spacial score (nSPS) is 11.6. The van der Waals surface area contributed by atoms with Crippen LogP contribution in [0.3, 0.4) is 0 Å². The third-order valence-electron chi connectivity index (χ3n) is 4.02. The highest BCUT2D eigenvalue weighted by atomic mass is 32.2. The van der Waals surface area contributed by atoms with Crippen LogP contribution >= 0.6 is 11.8 Å². The minimum Gasteiger partial charge on any atom is -0.496 e. The third-order valence-corrected chi connectivity index (χ3v) is 4.67. The second kappa shape index (κ2) is 9.97. The van der Waals surface area contributed by atoms with Crippen molar-refractivity contribution in [3.05, 3.63) is 59.4 Å². The molecule has 2 N–H and O–H groups in total. The molecular weight excluding hydrogens is 367 g/mol. The van der Waals surface area contributed by atoms with Crippen molar-refractivity contribution in [1.29, 1.82) is 0 Å². The largest absolute Gasteiger partial charge is 0.496 e. The molecule has 2 aromatic carbocycles. The minimum absolute atomic E-state index is 0.350. The number of ether oxygens (including phenoxy) is 1. The average molecular weight is 390 g/mol. The van der Waals surface area contributed by atoms with E-state index in [2.05, 4.69) is 10.6 Å². The number of carbonyl (C=O) groups is 2. The number of benzene rings is 2. The third kappa shape index (κ3) is 5.72. The van der Waals surface area contributed by atoms with Crippen LogP contribution in [-0.2, 0) is 4.79 Å². The number of hydrogen-bond acceptors (Lipinski definition) is 4. The highest BCUT2D eigenvalue weighted by Crippen LogP contribution is 2.18. The maximum atomic E-state index is 13.7. The van der Waals surface area contributed by atoms with Crippen molar-refractivity contribution in [2.24, 2.45) is 0 Å². The minimum atomic E-state index is -0.751. The summed E-state index contributed by atoms with van der Waals surface area (Å²) in [6.07, 6.45) is 2.37. The van der Waals surface area contributed by atoms with E-state index in [9.17, 15) is 14.0 Å². The molecule has 0 aliphatic heterocycles. The zero-order chi connectivity index (χ0) is 19.8. The van der Waals surface area contributed by atoms with Gasteiger partial charge in [0.15, 0.2) is 0 Å². The number of para-hydroxylation sites is 1. The van der Waals surface area contributed by atoms with Crippen LogP contribution < -0.4 is 15.4 Å². The van der Waals surface area contributed by atoms with Gasteiger partial charge in [0.1, 0.15) is 17.6 Å². The number of halogens is 1. The van der Waals surface area contributed by atoms with Crippen LogP contribution in [0, 0.1) is 12.7 Å². The van der Waals surface area contributed by atoms with E-state index >= 15 is 0 Å². The van der Waals surface area contributed by atoms with Gasteiger partial charge in [-0.25, -0.2) is 4.39 Å². The number of anilines is 1. The Bertz CT molecular complexity index is 814. The Labute approximate surface area is 162 Å². The summed E-state index contributed by atoms with van der Waals surface area (Å²) < 4.78 is 18.9. The molecule has 0 saturated carbocycles. The SMILES string of the molecule is COc1ccccc1C(=O)N[C@@H](CCSC)C(=O)Nc1ccc(C)c(F)c1. The van der Waals surface area contributed by atoms with Crippen molar-refractivity contribution < 1.29 is 18.7 Å². The highest BCUT2D eigenvalue weighted by Gasteiger charge is 2.23. The monoisotopic (exact) mass is 390 g/mol. The van der Waals surface area contributed by atoms with Crippen molar-refractivity contribution in [3.63, 3.8) is 0 Å². The van der Waals surface area contributed by atoms with Crippen molar-refractivity contribution in [2.75, 3.05) is 24.4 Å². The van der Waals surface area contributed by atoms with Gasteiger partial charge in [-0.2, -0.15) is 11.8 Å². The van der Waals surface area contributed by atoms with E-state index in [1.807, 2.05) is 6.26 Å². The van der Waals surface area contributed by atoms with E-state index in [0.717, 1.165) is 0 Å². The first-order chi connectivity index (χ1) is 13.0. The molecule has 0 aliphatic rings. The molecule has 0 unspecified atom stereocenters. The van der Waals surface area contributed by atoms with Gasteiger partial charge in [-0.3, -0.25) is 9.59 Å². The lowest BCUT2D eigenvalue weighted by Gasteiger charge is -2.19. The molecular formula is C20H23FN2O3S. The standard InChI is InChI=1S/C20H23FN2O3S/c1-13-8-9-14(12-16(13)21)22-20(25)17(10-11-27-3)23-19(24)15-6-4-5-7-18(15)26-2/h4-9,12,17H,10-11H2,1-3H3,(H,22,25)(H,23,24)/t17-/m0/s1. The topological polar surface area (TPSA) is 67.4 Å². The Morgan fingerprint density at radius 1 is 1.22 bits per heavy atom. The Hall–Kier alpha value is -2.54. The van der Waals surface area contributed by atoms with Crippen LogP contribution in [0.5, 0.6) is 5.75 Å². The molecule has 0 radical (unpaired) electrons. The number of thioether (sulfide) groups is 1. The summed E-state index contributed by atoms with van der Waals surface area (Å²) in [5, 5.41) is 5.42. The summed E-state index contributed by atoms with van der Waals surface area (Å²) in [6.45, 7) is 1.65. The van der Waals surface area contributed by atoms with Crippen LogP contribution in [0.4, 0.5) is 10.1 Å². The number of nitrogens with one attached hydrogen (secondary N) is 2. The van der Waals surface area contributed by atoms with Gasteiger partial charge < -0.3 is 15.4 Å². The van der Waals surface area contributed by atoms with Crippen molar-refractivity contribution >= 4 is 29.3 Å². The fourth-order valence-electron chi connectivity index (χ4n) is 2.47. The summed E-state index contributed by atoms with van der Waals surface area (Å²) >= 11 is 1.57. The lowest BCUT2D eigenvalue weighted by Crippen LogP contribution is -2.44. The number of hydrogen-bond donors (Lipinski definition) is 2. The molecule has 1 atom stereocenters.